The van der Waals surface area contributed by atoms with Crippen molar-refractivity contribution < 1.29 is 9.53 Å². The summed E-state index contributed by atoms with van der Waals surface area (Å²) < 4.78 is 5.97. The first kappa shape index (κ1) is 15.3. The van der Waals surface area contributed by atoms with E-state index in [0.717, 1.165) is 32.3 Å². The van der Waals surface area contributed by atoms with Crippen LogP contribution in [0.3, 0.4) is 0 Å². The highest BCUT2D eigenvalue weighted by Gasteiger charge is 2.49. The molecule has 4 heteroatoms. The minimum absolute atomic E-state index is 0.0157. The highest BCUT2D eigenvalue weighted by molar-refractivity contribution is 5.84. The lowest BCUT2D eigenvalue weighted by Crippen LogP contribution is -2.48. The van der Waals surface area contributed by atoms with Crippen molar-refractivity contribution in [1.29, 1.82) is 0 Å². The molecular formula is C17H30N2O2. The van der Waals surface area contributed by atoms with Crippen LogP contribution in [0.25, 0.3) is 0 Å². The predicted octanol–water partition coefficient (Wildman–Crippen LogP) is 2.53. The number of hydrogen-bond acceptors (Lipinski definition) is 3. The van der Waals surface area contributed by atoms with Crippen LogP contribution in [0.1, 0.15) is 59.3 Å². The smallest absolute Gasteiger partial charge is 0.241 e. The van der Waals surface area contributed by atoms with Gasteiger partial charge in [0.25, 0.3) is 0 Å². The van der Waals surface area contributed by atoms with Crippen LogP contribution < -0.4 is 5.32 Å². The summed E-state index contributed by atoms with van der Waals surface area (Å²) in [4.78, 5) is 15.1. The Bertz CT molecular complexity index is 381. The van der Waals surface area contributed by atoms with Crippen molar-refractivity contribution >= 4 is 5.91 Å². The molecule has 1 saturated carbocycles. The van der Waals surface area contributed by atoms with Gasteiger partial charge in [0.15, 0.2) is 0 Å². The van der Waals surface area contributed by atoms with E-state index >= 15 is 0 Å². The molecule has 1 amide bonds. The van der Waals surface area contributed by atoms with Crippen LogP contribution in [-0.2, 0) is 9.53 Å². The van der Waals surface area contributed by atoms with Crippen LogP contribution in [0.15, 0.2) is 0 Å². The SMILES string of the molecule is CCCC1NC(CC(C)C)C(=O)N1C1CCOC1C1CC1. The van der Waals surface area contributed by atoms with E-state index in [2.05, 4.69) is 31.0 Å². The Morgan fingerprint density at radius 2 is 2.10 bits per heavy atom. The number of nitrogens with one attached hydrogen (secondary N) is 1. The average Bonchev–Trinajstić information content (AvgIpc) is 3.09. The topological polar surface area (TPSA) is 41.6 Å². The number of nitrogens with zero attached hydrogens (tertiary/aromatic N) is 1. The lowest BCUT2D eigenvalue weighted by molar-refractivity contribution is -0.134. The molecule has 3 aliphatic rings. The van der Waals surface area contributed by atoms with Crippen LogP contribution in [-0.4, -0.2) is 41.8 Å². The normalized spacial score (nSPS) is 37.0. The second-order valence-electron chi connectivity index (χ2n) is 7.43. The van der Waals surface area contributed by atoms with Gasteiger partial charge >= 0.3 is 0 Å². The molecule has 3 fully saturated rings. The Morgan fingerprint density at radius 3 is 2.71 bits per heavy atom. The van der Waals surface area contributed by atoms with Crippen molar-refractivity contribution in [2.45, 2.75) is 83.6 Å². The van der Waals surface area contributed by atoms with Crippen LogP contribution in [0.4, 0.5) is 0 Å². The van der Waals surface area contributed by atoms with Gasteiger partial charge in [-0.25, -0.2) is 0 Å². The highest BCUT2D eigenvalue weighted by atomic mass is 16.5. The van der Waals surface area contributed by atoms with E-state index in [4.69, 9.17) is 4.74 Å². The number of amides is 1. The highest BCUT2D eigenvalue weighted by Crippen LogP contribution is 2.41. The second-order valence-corrected chi connectivity index (χ2v) is 7.43. The van der Waals surface area contributed by atoms with Crippen molar-refractivity contribution in [3.8, 4) is 0 Å². The van der Waals surface area contributed by atoms with Gasteiger partial charge in [-0.2, -0.15) is 0 Å². The molecule has 21 heavy (non-hydrogen) atoms. The number of carbonyl (C=O) groups is 1. The summed E-state index contributed by atoms with van der Waals surface area (Å²) in [5, 5.41) is 3.60. The predicted molar refractivity (Wildman–Crippen MR) is 82.8 cm³/mol. The second kappa shape index (κ2) is 6.25. The lowest BCUT2D eigenvalue weighted by atomic mass is 10.0. The monoisotopic (exact) mass is 294 g/mol. The van der Waals surface area contributed by atoms with Crippen molar-refractivity contribution in [2.75, 3.05) is 6.61 Å². The maximum absolute atomic E-state index is 12.9. The minimum Gasteiger partial charge on any atom is -0.376 e. The Labute approximate surface area is 128 Å². The first-order valence-electron chi connectivity index (χ1n) is 8.81. The molecule has 1 aliphatic carbocycles. The number of hydrogen-bond donors (Lipinski definition) is 1. The summed E-state index contributed by atoms with van der Waals surface area (Å²) in [6.07, 6.45) is 7.20. The van der Waals surface area contributed by atoms with Gasteiger partial charge in [0.1, 0.15) is 0 Å². The Hall–Kier alpha value is -0.610. The van der Waals surface area contributed by atoms with E-state index in [-0.39, 0.29) is 12.2 Å². The van der Waals surface area contributed by atoms with Gasteiger partial charge in [-0.3, -0.25) is 10.1 Å². The zero-order valence-corrected chi connectivity index (χ0v) is 13.7. The average molecular weight is 294 g/mol. The Balaban J connectivity index is 1.74. The zero-order valence-electron chi connectivity index (χ0n) is 13.7. The van der Waals surface area contributed by atoms with Crippen molar-refractivity contribution in [2.24, 2.45) is 11.8 Å². The molecule has 0 spiro atoms. The maximum atomic E-state index is 12.9. The van der Waals surface area contributed by atoms with Gasteiger partial charge in [0.05, 0.1) is 24.4 Å². The summed E-state index contributed by atoms with van der Waals surface area (Å²) in [6.45, 7) is 7.41. The quantitative estimate of drug-likeness (QED) is 0.818. The number of ether oxygens (including phenoxy) is 1. The molecule has 4 nitrogen and oxygen atoms in total. The molecule has 4 unspecified atom stereocenters. The molecule has 0 aromatic heterocycles. The standard InChI is InChI=1S/C17H30N2O2/c1-4-5-15-18-13(10-11(2)3)17(20)19(15)14-8-9-21-16(14)12-6-7-12/h11-16,18H,4-10H2,1-3H3. The van der Waals surface area contributed by atoms with Crippen LogP contribution in [0.2, 0.25) is 0 Å². The van der Waals surface area contributed by atoms with Crippen LogP contribution >= 0.6 is 0 Å². The van der Waals surface area contributed by atoms with Crippen LogP contribution in [0, 0.1) is 11.8 Å². The molecule has 120 valence electrons. The third-order valence-electron chi connectivity index (χ3n) is 5.10. The van der Waals surface area contributed by atoms with E-state index in [0.29, 0.717) is 29.9 Å². The Kier molecular flexibility index (Phi) is 4.55. The van der Waals surface area contributed by atoms with Gasteiger partial charge in [0.2, 0.25) is 5.91 Å². The molecule has 0 bridgehead atoms. The molecule has 3 rings (SSSR count). The summed E-state index contributed by atoms with van der Waals surface area (Å²) >= 11 is 0. The molecule has 2 heterocycles. The largest absolute Gasteiger partial charge is 0.376 e. The van der Waals surface area contributed by atoms with E-state index in [1.807, 2.05) is 0 Å². The summed E-state index contributed by atoms with van der Waals surface area (Å²) in [5.74, 6) is 1.58. The van der Waals surface area contributed by atoms with Gasteiger partial charge in [-0.05, 0) is 43.9 Å². The van der Waals surface area contributed by atoms with Crippen molar-refractivity contribution in [1.82, 2.24) is 10.2 Å². The van der Waals surface area contributed by atoms with Gasteiger partial charge in [-0.1, -0.05) is 27.2 Å². The van der Waals surface area contributed by atoms with Gasteiger partial charge < -0.3 is 9.64 Å². The molecule has 1 N–H and O–H groups in total. The zero-order chi connectivity index (χ0) is 15.0. The maximum Gasteiger partial charge on any atom is 0.241 e. The van der Waals surface area contributed by atoms with Crippen molar-refractivity contribution in [3.05, 3.63) is 0 Å². The fourth-order valence-electron chi connectivity index (χ4n) is 4.02. The molecule has 4 atom stereocenters. The van der Waals surface area contributed by atoms with Gasteiger partial charge in [0, 0.05) is 6.61 Å². The molecule has 2 aliphatic heterocycles. The van der Waals surface area contributed by atoms with E-state index in [1.165, 1.54) is 12.8 Å². The minimum atomic E-state index is 0.0157. The summed E-state index contributed by atoms with van der Waals surface area (Å²) in [7, 11) is 0. The molecule has 2 saturated heterocycles. The van der Waals surface area contributed by atoms with E-state index < -0.39 is 0 Å². The fourth-order valence-corrected chi connectivity index (χ4v) is 4.02. The number of carbonyl (C=O) groups excluding carboxylic acids is 1. The first-order valence-corrected chi connectivity index (χ1v) is 8.81. The summed E-state index contributed by atoms with van der Waals surface area (Å²) in [5.41, 5.74) is 0. The molecule has 0 radical (unpaired) electrons. The fraction of sp³-hybridized carbons (Fsp3) is 0.941. The molecular weight excluding hydrogens is 264 g/mol. The third kappa shape index (κ3) is 3.11. The van der Waals surface area contributed by atoms with Crippen molar-refractivity contribution in [3.63, 3.8) is 0 Å². The lowest BCUT2D eigenvalue weighted by Gasteiger charge is -2.33. The summed E-state index contributed by atoms with van der Waals surface area (Å²) in [6, 6.07) is 0.327. The Morgan fingerprint density at radius 1 is 1.33 bits per heavy atom. The van der Waals surface area contributed by atoms with E-state index in [9.17, 15) is 4.79 Å². The first-order chi connectivity index (χ1) is 10.1. The molecule has 0 aromatic rings. The molecule has 0 aromatic carbocycles. The number of rotatable bonds is 6. The van der Waals surface area contributed by atoms with E-state index in [1.54, 1.807) is 0 Å². The van der Waals surface area contributed by atoms with Crippen LogP contribution in [0.5, 0.6) is 0 Å². The van der Waals surface area contributed by atoms with Gasteiger partial charge in [-0.15, -0.1) is 0 Å². The third-order valence-corrected chi connectivity index (χ3v) is 5.10.